The summed E-state index contributed by atoms with van der Waals surface area (Å²) >= 11 is 1.65. The molecule has 23 heavy (non-hydrogen) atoms. The molecule has 0 aliphatic rings. The number of nitrogens with one attached hydrogen (secondary N) is 1. The second-order valence-electron chi connectivity index (χ2n) is 5.90. The summed E-state index contributed by atoms with van der Waals surface area (Å²) in [4.78, 5) is 20.3. The van der Waals surface area contributed by atoms with Crippen LogP contribution in [0.15, 0.2) is 40.3 Å². The molecule has 2 aromatic rings. The van der Waals surface area contributed by atoms with Crippen LogP contribution in [0.1, 0.15) is 56.9 Å². The van der Waals surface area contributed by atoms with E-state index >= 15 is 0 Å². The number of aromatic amines is 1. The molecule has 1 N–H and O–H groups in total. The molecule has 1 heterocycles. The molecule has 0 spiro atoms. The largest absolute Gasteiger partial charge is 0.301 e. The summed E-state index contributed by atoms with van der Waals surface area (Å²) in [7, 11) is 0. The second kappa shape index (κ2) is 8.92. The lowest BCUT2D eigenvalue weighted by molar-refractivity contribution is 0.748. The van der Waals surface area contributed by atoms with Gasteiger partial charge in [0.05, 0.1) is 5.69 Å². The van der Waals surface area contributed by atoms with Crippen molar-refractivity contribution in [2.24, 2.45) is 0 Å². The van der Waals surface area contributed by atoms with Gasteiger partial charge in [0.15, 0.2) is 5.16 Å². The Balaban J connectivity index is 2.35. The molecule has 0 radical (unpaired) electrons. The predicted octanol–water partition coefficient (Wildman–Crippen LogP) is 4.59. The molecular weight excluding hydrogens is 304 g/mol. The van der Waals surface area contributed by atoms with Crippen LogP contribution in [0.3, 0.4) is 0 Å². The summed E-state index contributed by atoms with van der Waals surface area (Å²) in [5, 5.41) is 1.19. The van der Waals surface area contributed by atoms with E-state index in [0.29, 0.717) is 5.25 Å². The first kappa shape index (κ1) is 17.8. The van der Waals surface area contributed by atoms with Crippen LogP contribution in [0.4, 0.5) is 0 Å². The van der Waals surface area contributed by atoms with E-state index in [1.807, 2.05) is 18.2 Å². The monoisotopic (exact) mass is 330 g/mol. The first-order valence-electron chi connectivity index (χ1n) is 8.46. The normalized spacial score (nSPS) is 12.3. The quantitative estimate of drug-likeness (QED) is 0.568. The Bertz CT molecular complexity index is 667. The van der Waals surface area contributed by atoms with Gasteiger partial charge in [-0.1, -0.05) is 69.3 Å². The van der Waals surface area contributed by atoms with E-state index in [9.17, 15) is 4.79 Å². The Morgan fingerprint density at radius 3 is 2.61 bits per heavy atom. The minimum Gasteiger partial charge on any atom is -0.301 e. The summed E-state index contributed by atoms with van der Waals surface area (Å²) in [5.41, 5.74) is 3.01. The highest BCUT2D eigenvalue weighted by Crippen LogP contribution is 2.22. The fourth-order valence-corrected chi connectivity index (χ4v) is 3.26. The molecule has 1 aromatic heterocycles. The van der Waals surface area contributed by atoms with E-state index in [-0.39, 0.29) is 5.56 Å². The highest BCUT2D eigenvalue weighted by molar-refractivity contribution is 7.99. The third-order valence-electron chi connectivity index (χ3n) is 3.96. The first-order valence-corrected chi connectivity index (χ1v) is 9.34. The van der Waals surface area contributed by atoms with E-state index in [1.54, 1.807) is 11.8 Å². The molecule has 1 unspecified atom stereocenters. The molecule has 1 aromatic carbocycles. The lowest BCUT2D eigenvalue weighted by Crippen LogP contribution is -2.19. The molecule has 0 aliphatic carbocycles. The lowest BCUT2D eigenvalue weighted by atomic mass is 10.0. The van der Waals surface area contributed by atoms with E-state index in [0.717, 1.165) is 48.5 Å². The second-order valence-corrected chi connectivity index (χ2v) is 7.33. The molecule has 4 heteroatoms. The summed E-state index contributed by atoms with van der Waals surface area (Å²) in [6.07, 6.45) is 4.67. The number of hydrogen-bond donors (Lipinski definition) is 1. The number of aromatic nitrogens is 2. The number of nitrogens with zero attached hydrogens (tertiary/aromatic N) is 1. The third kappa shape index (κ3) is 5.24. The van der Waals surface area contributed by atoms with E-state index in [4.69, 9.17) is 4.98 Å². The molecule has 0 fully saturated rings. The number of rotatable bonds is 8. The van der Waals surface area contributed by atoms with Crippen molar-refractivity contribution in [3.8, 4) is 0 Å². The number of benzene rings is 1. The zero-order chi connectivity index (χ0) is 16.7. The fraction of sp³-hybridized carbons (Fsp3) is 0.474. The van der Waals surface area contributed by atoms with E-state index in [2.05, 4.69) is 37.9 Å². The molecule has 0 saturated heterocycles. The van der Waals surface area contributed by atoms with Crippen LogP contribution in [0, 0.1) is 0 Å². The van der Waals surface area contributed by atoms with Crippen LogP contribution < -0.4 is 5.56 Å². The van der Waals surface area contributed by atoms with E-state index < -0.39 is 0 Å². The number of thioether (sulfide) groups is 1. The zero-order valence-corrected chi connectivity index (χ0v) is 15.1. The minimum atomic E-state index is 0.0326. The average Bonchev–Trinajstić information content (AvgIpc) is 2.55. The van der Waals surface area contributed by atoms with Gasteiger partial charge >= 0.3 is 0 Å². The standard InChI is InChI=1S/C19H26N2OS/c1-4-6-12-16-17(13-15-10-8-7-9-11-15)20-19(21-18(16)22)23-14(3)5-2/h7-11,14H,4-6,12-13H2,1-3H3,(H,20,21,22). The van der Waals surface area contributed by atoms with Gasteiger partial charge in [0, 0.05) is 17.2 Å². The summed E-state index contributed by atoms with van der Waals surface area (Å²) in [5.74, 6) is 0. The topological polar surface area (TPSA) is 45.8 Å². The summed E-state index contributed by atoms with van der Waals surface area (Å²) < 4.78 is 0. The molecule has 3 nitrogen and oxygen atoms in total. The van der Waals surface area contributed by atoms with Crippen molar-refractivity contribution in [3.63, 3.8) is 0 Å². The number of unbranched alkanes of at least 4 members (excludes halogenated alkanes) is 1. The van der Waals surface area contributed by atoms with Crippen molar-refractivity contribution >= 4 is 11.8 Å². The molecular formula is C19H26N2OS. The van der Waals surface area contributed by atoms with Gasteiger partial charge in [-0.15, -0.1) is 0 Å². The molecule has 1 atom stereocenters. The van der Waals surface area contributed by atoms with Gasteiger partial charge in [-0.3, -0.25) is 4.79 Å². The highest BCUT2D eigenvalue weighted by atomic mass is 32.2. The fourth-order valence-electron chi connectivity index (χ4n) is 2.40. The lowest BCUT2D eigenvalue weighted by Gasteiger charge is -2.12. The van der Waals surface area contributed by atoms with Crippen LogP contribution in [-0.2, 0) is 12.8 Å². The van der Waals surface area contributed by atoms with Crippen LogP contribution >= 0.6 is 11.8 Å². The van der Waals surface area contributed by atoms with Crippen LogP contribution in [0.2, 0.25) is 0 Å². The number of H-pyrrole nitrogens is 1. The van der Waals surface area contributed by atoms with Gasteiger partial charge < -0.3 is 4.98 Å². The zero-order valence-electron chi connectivity index (χ0n) is 14.3. The van der Waals surface area contributed by atoms with Crippen LogP contribution in [0.5, 0.6) is 0 Å². The first-order chi connectivity index (χ1) is 11.1. The Hall–Kier alpha value is -1.55. The minimum absolute atomic E-state index is 0.0326. The van der Waals surface area contributed by atoms with Crippen LogP contribution in [0.25, 0.3) is 0 Å². The Morgan fingerprint density at radius 1 is 1.22 bits per heavy atom. The van der Waals surface area contributed by atoms with Gasteiger partial charge in [0.1, 0.15) is 0 Å². The molecule has 0 aliphatic heterocycles. The van der Waals surface area contributed by atoms with Gasteiger partial charge in [0.25, 0.3) is 5.56 Å². The Morgan fingerprint density at radius 2 is 1.96 bits per heavy atom. The van der Waals surface area contributed by atoms with Crippen molar-refractivity contribution in [2.75, 3.05) is 0 Å². The van der Waals surface area contributed by atoms with Gasteiger partial charge in [-0.25, -0.2) is 4.98 Å². The maximum atomic E-state index is 12.5. The maximum Gasteiger partial charge on any atom is 0.254 e. The number of hydrogen-bond acceptors (Lipinski definition) is 3. The Labute approximate surface area is 142 Å². The summed E-state index contributed by atoms with van der Waals surface area (Å²) in [6, 6.07) is 10.3. The van der Waals surface area contributed by atoms with Crippen molar-refractivity contribution in [2.45, 2.75) is 63.3 Å². The van der Waals surface area contributed by atoms with E-state index in [1.165, 1.54) is 5.56 Å². The Kier molecular flexibility index (Phi) is 6.90. The summed E-state index contributed by atoms with van der Waals surface area (Å²) in [6.45, 7) is 6.45. The van der Waals surface area contributed by atoms with Crippen molar-refractivity contribution < 1.29 is 0 Å². The third-order valence-corrected chi connectivity index (χ3v) is 5.11. The average molecular weight is 330 g/mol. The highest BCUT2D eigenvalue weighted by Gasteiger charge is 2.13. The SMILES string of the molecule is CCCCc1c(Cc2ccccc2)nc(SC(C)CC)[nH]c1=O. The smallest absolute Gasteiger partial charge is 0.254 e. The molecule has 0 bridgehead atoms. The van der Waals surface area contributed by atoms with Crippen molar-refractivity contribution in [1.82, 2.24) is 9.97 Å². The van der Waals surface area contributed by atoms with Crippen molar-refractivity contribution in [1.29, 1.82) is 0 Å². The van der Waals surface area contributed by atoms with Crippen LogP contribution in [-0.4, -0.2) is 15.2 Å². The maximum absolute atomic E-state index is 12.5. The molecule has 2 rings (SSSR count). The molecule has 0 saturated carbocycles. The van der Waals surface area contributed by atoms with Crippen molar-refractivity contribution in [3.05, 3.63) is 57.5 Å². The van der Waals surface area contributed by atoms with Gasteiger partial charge in [0.2, 0.25) is 0 Å². The van der Waals surface area contributed by atoms with Gasteiger partial charge in [-0.2, -0.15) is 0 Å². The molecule has 124 valence electrons. The molecule has 0 amide bonds. The van der Waals surface area contributed by atoms with Gasteiger partial charge in [-0.05, 0) is 24.8 Å². The predicted molar refractivity (Wildman–Crippen MR) is 98.3 cm³/mol.